The Morgan fingerprint density at radius 3 is 2.30 bits per heavy atom. The van der Waals surface area contributed by atoms with Gasteiger partial charge in [0.1, 0.15) is 0 Å². The van der Waals surface area contributed by atoms with Crippen molar-refractivity contribution in [2.45, 2.75) is 19.5 Å². The number of nitrogens with zero attached hydrogens (tertiary/aromatic N) is 2. The molecule has 1 aliphatic rings. The molecule has 0 aliphatic carbocycles. The molecule has 1 N–H and O–H groups in total. The van der Waals surface area contributed by atoms with Crippen molar-refractivity contribution in [3.05, 3.63) is 77.9 Å². The van der Waals surface area contributed by atoms with Crippen LogP contribution in [0.25, 0.3) is 6.08 Å². The maximum Gasteiger partial charge on any atom is 0.237 e. The van der Waals surface area contributed by atoms with E-state index in [0.717, 1.165) is 38.3 Å². The maximum atomic E-state index is 12.4. The lowest BCUT2D eigenvalue weighted by molar-refractivity contribution is -0.126. The van der Waals surface area contributed by atoms with Crippen LogP contribution in [0.5, 0.6) is 0 Å². The first-order valence-corrected chi connectivity index (χ1v) is 9.72. The van der Waals surface area contributed by atoms with Crippen molar-refractivity contribution in [3.63, 3.8) is 0 Å². The lowest BCUT2D eigenvalue weighted by Crippen LogP contribution is -2.53. The van der Waals surface area contributed by atoms with Gasteiger partial charge >= 0.3 is 0 Å². The van der Waals surface area contributed by atoms with Gasteiger partial charge in [-0.15, -0.1) is 0 Å². The van der Waals surface area contributed by atoms with Crippen molar-refractivity contribution < 1.29 is 4.79 Å². The van der Waals surface area contributed by atoms with Gasteiger partial charge in [0.25, 0.3) is 0 Å². The Hall–Kier alpha value is -2.43. The monoisotopic (exact) mass is 363 g/mol. The molecule has 2 aromatic carbocycles. The molecule has 1 heterocycles. The van der Waals surface area contributed by atoms with Gasteiger partial charge in [-0.25, -0.2) is 0 Å². The molecule has 1 aliphatic heterocycles. The van der Waals surface area contributed by atoms with Gasteiger partial charge in [0.15, 0.2) is 0 Å². The van der Waals surface area contributed by atoms with Crippen LogP contribution >= 0.6 is 0 Å². The summed E-state index contributed by atoms with van der Waals surface area (Å²) in [5.74, 6) is 0.108. The predicted molar refractivity (Wildman–Crippen MR) is 111 cm³/mol. The molecule has 27 heavy (non-hydrogen) atoms. The Balaban J connectivity index is 1.39. The van der Waals surface area contributed by atoms with Crippen LogP contribution in [-0.2, 0) is 11.3 Å². The highest BCUT2D eigenvalue weighted by Gasteiger charge is 2.24. The van der Waals surface area contributed by atoms with Crippen LogP contribution in [0.2, 0.25) is 0 Å². The van der Waals surface area contributed by atoms with Gasteiger partial charge in [-0.05, 0) is 18.1 Å². The average molecular weight is 364 g/mol. The van der Waals surface area contributed by atoms with E-state index >= 15 is 0 Å². The van der Waals surface area contributed by atoms with Gasteiger partial charge in [0.05, 0.1) is 6.04 Å². The number of carbonyl (C=O) groups is 1. The number of hydrogen-bond acceptors (Lipinski definition) is 3. The number of nitrogens with one attached hydrogen (secondary N) is 1. The molecule has 0 bridgehead atoms. The van der Waals surface area contributed by atoms with Gasteiger partial charge in [-0.2, -0.15) is 0 Å². The zero-order valence-corrected chi connectivity index (χ0v) is 16.1. The van der Waals surface area contributed by atoms with Crippen molar-refractivity contribution in [2.75, 3.05) is 32.7 Å². The first kappa shape index (κ1) is 19.3. The van der Waals surface area contributed by atoms with Gasteiger partial charge in [0, 0.05) is 39.3 Å². The molecule has 0 saturated carbocycles. The largest absolute Gasteiger partial charge is 0.351 e. The van der Waals surface area contributed by atoms with E-state index < -0.39 is 0 Å². The van der Waals surface area contributed by atoms with Crippen LogP contribution in [0.4, 0.5) is 0 Å². The molecule has 1 saturated heterocycles. The van der Waals surface area contributed by atoms with Crippen LogP contribution < -0.4 is 5.32 Å². The first-order valence-electron chi connectivity index (χ1n) is 9.72. The van der Waals surface area contributed by atoms with E-state index in [1.54, 1.807) is 0 Å². The summed E-state index contributed by atoms with van der Waals surface area (Å²) in [5.41, 5.74) is 2.37. The Morgan fingerprint density at radius 1 is 1.00 bits per heavy atom. The molecule has 0 radical (unpaired) electrons. The SMILES string of the molecule is CC(C(=O)NCc1ccccc1)N1CCN(C/C=C/c2ccccc2)CC1. The molecular formula is C23H29N3O. The normalized spacial score (nSPS) is 17.1. The maximum absolute atomic E-state index is 12.4. The van der Waals surface area contributed by atoms with E-state index in [-0.39, 0.29) is 11.9 Å². The molecule has 2 aromatic rings. The number of rotatable bonds is 7. The third kappa shape index (κ3) is 6.05. The molecule has 1 fully saturated rings. The fourth-order valence-electron chi connectivity index (χ4n) is 3.33. The Bertz CT molecular complexity index is 722. The zero-order valence-electron chi connectivity index (χ0n) is 16.1. The van der Waals surface area contributed by atoms with E-state index in [1.165, 1.54) is 5.56 Å². The van der Waals surface area contributed by atoms with Crippen LogP contribution in [0.1, 0.15) is 18.1 Å². The van der Waals surface area contributed by atoms with E-state index in [2.05, 4.69) is 51.5 Å². The molecule has 1 unspecified atom stereocenters. The molecule has 4 heteroatoms. The molecule has 4 nitrogen and oxygen atoms in total. The second-order valence-electron chi connectivity index (χ2n) is 7.03. The van der Waals surface area contributed by atoms with Crippen molar-refractivity contribution in [2.24, 2.45) is 0 Å². The average Bonchev–Trinajstić information content (AvgIpc) is 2.73. The molecule has 0 aromatic heterocycles. The summed E-state index contributed by atoms with van der Waals surface area (Å²) in [5, 5.41) is 3.05. The minimum atomic E-state index is -0.0873. The molecular weight excluding hydrogens is 334 g/mol. The van der Waals surface area contributed by atoms with Crippen molar-refractivity contribution in [3.8, 4) is 0 Å². The molecule has 1 amide bonds. The summed E-state index contributed by atoms with van der Waals surface area (Å²) >= 11 is 0. The zero-order chi connectivity index (χ0) is 18.9. The quantitative estimate of drug-likeness (QED) is 0.821. The van der Waals surface area contributed by atoms with E-state index in [4.69, 9.17) is 0 Å². The van der Waals surface area contributed by atoms with Crippen LogP contribution in [0.3, 0.4) is 0 Å². The van der Waals surface area contributed by atoms with Gasteiger partial charge in [0.2, 0.25) is 5.91 Å². The van der Waals surface area contributed by atoms with E-state index in [9.17, 15) is 4.79 Å². The Morgan fingerprint density at radius 2 is 1.63 bits per heavy atom. The molecule has 142 valence electrons. The summed E-state index contributed by atoms with van der Waals surface area (Å²) in [6.45, 7) is 7.40. The van der Waals surface area contributed by atoms with Gasteiger partial charge in [-0.1, -0.05) is 72.8 Å². The van der Waals surface area contributed by atoms with Gasteiger partial charge < -0.3 is 5.32 Å². The van der Waals surface area contributed by atoms with E-state index in [0.29, 0.717) is 6.54 Å². The number of amides is 1. The summed E-state index contributed by atoms with van der Waals surface area (Å²) in [6.07, 6.45) is 4.40. The number of carbonyl (C=O) groups excluding carboxylic acids is 1. The second-order valence-corrected chi connectivity index (χ2v) is 7.03. The van der Waals surface area contributed by atoms with Crippen molar-refractivity contribution in [1.82, 2.24) is 15.1 Å². The smallest absolute Gasteiger partial charge is 0.237 e. The summed E-state index contributed by atoms with van der Waals surface area (Å²) in [7, 11) is 0. The van der Waals surface area contributed by atoms with E-state index in [1.807, 2.05) is 43.3 Å². The highest BCUT2D eigenvalue weighted by Crippen LogP contribution is 2.08. The fourth-order valence-corrected chi connectivity index (χ4v) is 3.33. The van der Waals surface area contributed by atoms with Gasteiger partial charge in [-0.3, -0.25) is 14.6 Å². The highest BCUT2D eigenvalue weighted by molar-refractivity contribution is 5.81. The van der Waals surface area contributed by atoms with Crippen LogP contribution in [-0.4, -0.2) is 54.5 Å². The number of hydrogen-bond donors (Lipinski definition) is 1. The Labute approximate surface area is 162 Å². The summed E-state index contributed by atoms with van der Waals surface area (Å²) < 4.78 is 0. The fraction of sp³-hybridized carbons (Fsp3) is 0.348. The van der Waals surface area contributed by atoms with Crippen LogP contribution in [0, 0.1) is 0 Å². The summed E-state index contributed by atoms with van der Waals surface area (Å²) in [6, 6.07) is 20.3. The third-order valence-electron chi connectivity index (χ3n) is 5.12. The third-order valence-corrected chi connectivity index (χ3v) is 5.12. The predicted octanol–water partition coefficient (Wildman–Crippen LogP) is 3.02. The molecule has 0 spiro atoms. The topological polar surface area (TPSA) is 35.6 Å². The lowest BCUT2D eigenvalue weighted by atomic mass is 10.2. The number of piperazine rings is 1. The number of benzene rings is 2. The summed E-state index contributed by atoms with van der Waals surface area (Å²) in [4.78, 5) is 17.2. The minimum Gasteiger partial charge on any atom is -0.351 e. The minimum absolute atomic E-state index is 0.0873. The standard InChI is InChI=1S/C23H29N3O/c1-20(23(27)24-19-22-11-6-3-7-12-22)26-17-15-25(16-18-26)14-8-13-21-9-4-2-5-10-21/h2-13,20H,14-19H2,1H3,(H,24,27)/b13-8+. The Kier molecular flexibility index (Phi) is 7.19. The van der Waals surface area contributed by atoms with Crippen molar-refractivity contribution >= 4 is 12.0 Å². The first-order chi connectivity index (χ1) is 13.2. The molecule has 1 atom stereocenters. The second kappa shape index (κ2) is 10.0. The highest BCUT2D eigenvalue weighted by atomic mass is 16.2. The molecule has 3 rings (SSSR count). The lowest BCUT2D eigenvalue weighted by Gasteiger charge is -2.37. The van der Waals surface area contributed by atoms with Crippen LogP contribution in [0.15, 0.2) is 66.7 Å². The van der Waals surface area contributed by atoms with Crippen molar-refractivity contribution in [1.29, 1.82) is 0 Å².